The van der Waals surface area contributed by atoms with Crippen LogP contribution < -0.4 is 10.6 Å². The van der Waals surface area contributed by atoms with Gasteiger partial charge in [0.1, 0.15) is 0 Å². The van der Waals surface area contributed by atoms with E-state index in [0.29, 0.717) is 24.3 Å². The van der Waals surface area contributed by atoms with Crippen molar-refractivity contribution in [3.63, 3.8) is 0 Å². The Morgan fingerprint density at radius 1 is 1.00 bits per heavy atom. The molecule has 0 heterocycles. The van der Waals surface area contributed by atoms with Crippen LogP contribution in [-0.2, 0) is 10.0 Å². The quantitative estimate of drug-likeness (QED) is 0.693. The van der Waals surface area contributed by atoms with E-state index in [0.717, 1.165) is 12.8 Å². The van der Waals surface area contributed by atoms with Gasteiger partial charge in [-0.05, 0) is 43.2 Å². The Morgan fingerprint density at radius 3 is 2.34 bits per heavy atom. The third-order valence-electron chi connectivity index (χ3n) is 4.77. The molecule has 0 spiro atoms. The van der Waals surface area contributed by atoms with Gasteiger partial charge in [-0.15, -0.1) is 0 Å². The number of sulfonamides is 1. The van der Waals surface area contributed by atoms with Crippen LogP contribution in [0.2, 0.25) is 0 Å². The van der Waals surface area contributed by atoms with Gasteiger partial charge in [-0.3, -0.25) is 9.59 Å². The number of amides is 2. The minimum atomic E-state index is -3.67. The second kappa shape index (κ2) is 8.75. The van der Waals surface area contributed by atoms with Gasteiger partial charge in [-0.1, -0.05) is 32.0 Å². The summed E-state index contributed by atoms with van der Waals surface area (Å²) in [6.45, 7) is 4.22. The molecule has 1 fully saturated rings. The van der Waals surface area contributed by atoms with Gasteiger partial charge >= 0.3 is 0 Å². The standard InChI is InChI=1S/C21H25N3O4S/c1-3-24(4-2)29(27,28)17-9-7-8-15(14-17)20(25)23-19-11-6-5-10-18(19)21(26)22-16-12-13-16/h5-11,14,16H,3-4,12-13H2,1-2H3,(H,22,26)(H,23,25). The first kappa shape index (κ1) is 21.0. The average Bonchev–Trinajstić information content (AvgIpc) is 3.53. The van der Waals surface area contributed by atoms with Crippen LogP contribution in [0.3, 0.4) is 0 Å². The molecule has 2 N–H and O–H groups in total. The van der Waals surface area contributed by atoms with Gasteiger partial charge in [-0.25, -0.2) is 8.42 Å². The lowest BCUT2D eigenvalue weighted by molar-refractivity contribution is 0.0952. The molecule has 0 unspecified atom stereocenters. The molecule has 0 saturated heterocycles. The zero-order valence-electron chi connectivity index (χ0n) is 16.5. The Kier molecular flexibility index (Phi) is 6.34. The molecule has 0 radical (unpaired) electrons. The average molecular weight is 416 g/mol. The van der Waals surface area contributed by atoms with Crippen LogP contribution in [0.4, 0.5) is 5.69 Å². The van der Waals surface area contributed by atoms with Gasteiger partial charge in [0, 0.05) is 24.7 Å². The van der Waals surface area contributed by atoms with E-state index in [-0.39, 0.29) is 22.4 Å². The highest BCUT2D eigenvalue weighted by atomic mass is 32.2. The Hall–Kier alpha value is -2.71. The highest BCUT2D eigenvalue weighted by Gasteiger charge is 2.25. The van der Waals surface area contributed by atoms with E-state index in [1.54, 1.807) is 44.2 Å². The summed E-state index contributed by atoms with van der Waals surface area (Å²) in [4.78, 5) is 25.2. The van der Waals surface area contributed by atoms with Crippen LogP contribution in [0.5, 0.6) is 0 Å². The van der Waals surface area contributed by atoms with Crippen LogP contribution in [0.1, 0.15) is 47.4 Å². The van der Waals surface area contributed by atoms with Crippen molar-refractivity contribution in [3.8, 4) is 0 Å². The Morgan fingerprint density at radius 2 is 1.69 bits per heavy atom. The van der Waals surface area contributed by atoms with Gasteiger partial charge in [0.15, 0.2) is 0 Å². The largest absolute Gasteiger partial charge is 0.349 e. The minimum Gasteiger partial charge on any atom is -0.349 e. The van der Waals surface area contributed by atoms with Crippen LogP contribution in [0, 0.1) is 0 Å². The molecule has 2 amide bonds. The fraction of sp³-hybridized carbons (Fsp3) is 0.333. The molecule has 29 heavy (non-hydrogen) atoms. The lowest BCUT2D eigenvalue weighted by Gasteiger charge is -2.18. The summed E-state index contributed by atoms with van der Waals surface area (Å²) < 4.78 is 26.8. The zero-order valence-corrected chi connectivity index (χ0v) is 17.3. The van der Waals surface area contributed by atoms with Gasteiger partial charge in [0.05, 0.1) is 16.1 Å². The number of rotatable bonds is 8. The van der Waals surface area contributed by atoms with Crippen molar-refractivity contribution in [2.45, 2.75) is 37.6 Å². The van der Waals surface area contributed by atoms with Crippen molar-refractivity contribution < 1.29 is 18.0 Å². The first-order valence-electron chi connectivity index (χ1n) is 9.68. The minimum absolute atomic E-state index is 0.0635. The molecule has 2 aromatic carbocycles. The van der Waals surface area contributed by atoms with Gasteiger partial charge in [-0.2, -0.15) is 4.31 Å². The maximum absolute atomic E-state index is 12.8. The topological polar surface area (TPSA) is 95.6 Å². The molecule has 1 aliphatic rings. The molecular formula is C21H25N3O4S. The van der Waals surface area contributed by atoms with E-state index in [2.05, 4.69) is 10.6 Å². The molecule has 154 valence electrons. The molecule has 8 heteroatoms. The van der Waals surface area contributed by atoms with E-state index in [1.807, 2.05) is 0 Å². The van der Waals surface area contributed by atoms with E-state index in [9.17, 15) is 18.0 Å². The third kappa shape index (κ3) is 4.83. The number of carbonyl (C=O) groups excluding carboxylic acids is 2. The summed E-state index contributed by atoms with van der Waals surface area (Å²) in [5.74, 6) is -0.713. The lowest BCUT2D eigenvalue weighted by atomic mass is 10.1. The first-order chi connectivity index (χ1) is 13.9. The number of para-hydroxylation sites is 1. The maximum Gasteiger partial charge on any atom is 0.255 e. The Bertz CT molecular complexity index is 1010. The van der Waals surface area contributed by atoms with E-state index >= 15 is 0 Å². The summed E-state index contributed by atoms with van der Waals surface area (Å²) >= 11 is 0. The van der Waals surface area contributed by atoms with Crippen molar-refractivity contribution in [2.24, 2.45) is 0 Å². The fourth-order valence-electron chi connectivity index (χ4n) is 2.99. The van der Waals surface area contributed by atoms with Gasteiger partial charge in [0.25, 0.3) is 11.8 Å². The molecule has 1 aliphatic carbocycles. The number of hydrogen-bond donors (Lipinski definition) is 2. The maximum atomic E-state index is 12.8. The molecule has 0 aliphatic heterocycles. The highest BCUT2D eigenvalue weighted by molar-refractivity contribution is 7.89. The van der Waals surface area contributed by atoms with Gasteiger partial charge in [0.2, 0.25) is 10.0 Å². The van der Waals surface area contributed by atoms with Crippen molar-refractivity contribution in [3.05, 3.63) is 59.7 Å². The number of benzene rings is 2. The monoisotopic (exact) mass is 415 g/mol. The smallest absolute Gasteiger partial charge is 0.255 e. The second-order valence-corrected chi connectivity index (χ2v) is 8.80. The number of hydrogen-bond acceptors (Lipinski definition) is 4. The predicted octanol–water partition coefficient (Wildman–Crippen LogP) is 2.86. The summed E-state index contributed by atoms with van der Waals surface area (Å²) in [6.07, 6.45) is 1.93. The van der Waals surface area contributed by atoms with E-state index < -0.39 is 15.9 Å². The van der Waals surface area contributed by atoms with Crippen molar-refractivity contribution in [1.29, 1.82) is 0 Å². The summed E-state index contributed by atoms with van der Waals surface area (Å²) in [6, 6.07) is 12.9. The molecule has 7 nitrogen and oxygen atoms in total. The molecule has 3 rings (SSSR count). The normalized spacial score (nSPS) is 13.9. The van der Waals surface area contributed by atoms with Gasteiger partial charge < -0.3 is 10.6 Å². The molecule has 0 atom stereocenters. The molecule has 2 aromatic rings. The molecule has 0 bridgehead atoms. The summed E-state index contributed by atoms with van der Waals surface area (Å²) in [5, 5.41) is 5.63. The zero-order chi connectivity index (χ0) is 21.0. The number of carbonyl (C=O) groups is 2. The fourth-order valence-corrected chi connectivity index (χ4v) is 4.49. The van der Waals surface area contributed by atoms with Crippen LogP contribution in [-0.4, -0.2) is 43.7 Å². The molecule has 0 aromatic heterocycles. The van der Waals surface area contributed by atoms with E-state index in [4.69, 9.17) is 0 Å². The third-order valence-corrected chi connectivity index (χ3v) is 6.82. The molecular weight excluding hydrogens is 390 g/mol. The number of nitrogens with one attached hydrogen (secondary N) is 2. The Labute approximate surface area is 171 Å². The Balaban J connectivity index is 1.83. The molecule has 1 saturated carbocycles. The SMILES string of the molecule is CCN(CC)S(=O)(=O)c1cccc(C(=O)Nc2ccccc2C(=O)NC2CC2)c1. The van der Waals surface area contributed by atoms with Crippen molar-refractivity contribution in [1.82, 2.24) is 9.62 Å². The van der Waals surface area contributed by atoms with Crippen LogP contribution >= 0.6 is 0 Å². The number of nitrogens with zero attached hydrogens (tertiary/aromatic N) is 1. The van der Waals surface area contributed by atoms with Crippen molar-refractivity contribution >= 4 is 27.5 Å². The highest BCUT2D eigenvalue weighted by Crippen LogP contribution is 2.22. The predicted molar refractivity (Wildman–Crippen MR) is 111 cm³/mol. The number of anilines is 1. The first-order valence-corrected chi connectivity index (χ1v) is 11.1. The van der Waals surface area contributed by atoms with E-state index in [1.165, 1.54) is 22.5 Å². The lowest BCUT2D eigenvalue weighted by Crippen LogP contribution is -2.30. The summed E-state index contributed by atoms with van der Waals surface area (Å²) in [7, 11) is -3.67. The summed E-state index contributed by atoms with van der Waals surface area (Å²) in [5.41, 5.74) is 0.961. The second-order valence-electron chi connectivity index (χ2n) is 6.86. The van der Waals surface area contributed by atoms with Crippen LogP contribution in [0.25, 0.3) is 0 Å². The van der Waals surface area contributed by atoms with Crippen molar-refractivity contribution in [2.75, 3.05) is 18.4 Å². The van der Waals surface area contributed by atoms with Crippen LogP contribution in [0.15, 0.2) is 53.4 Å².